The summed E-state index contributed by atoms with van der Waals surface area (Å²) in [5, 5.41) is 9.30. The topological polar surface area (TPSA) is 54.5 Å². The monoisotopic (exact) mass is 210 g/mol. The molecule has 0 bridgehead atoms. The summed E-state index contributed by atoms with van der Waals surface area (Å²) in [7, 11) is 0. The third kappa shape index (κ3) is 1.35. The molecule has 4 heteroatoms. The molecule has 0 saturated heterocycles. The molecule has 0 aliphatic rings. The van der Waals surface area contributed by atoms with E-state index in [1.807, 2.05) is 37.4 Å². The van der Waals surface area contributed by atoms with Crippen molar-refractivity contribution in [2.75, 3.05) is 0 Å². The van der Waals surface area contributed by atoms with Crippen LogP contribution in [0.4, 0.5) is 0 Å². The Morgan fingerprint density at radius 2 is 2.06 bits per heavy atom. The van der Waals surface area contributed by atoms with E-state index < -0.39 is 0 Å². The summed E-state index contributed by atoms with van der Waals surface area (Å²) in [6.45, 7) is 1.92. The zero-order valence-corrected chi connectivity index (χ0v) is 8.81. The average molecular weight is 210 g/mol. The Kier molecular flexibility index (Phi) is 1.93. The molecule has 3 heterocycles. The van der Waals surface area contributed by atoms with E-state index in [1.165, 1.54) is 0 Å². The Morgan fingerprint density at radius 3 is 2.88 bits per heavy atom. The number of hydrogen-bond acceptors (Lipinski definition) is 3. The number of pyridine rings is 1. The summed E-state index contributed by atoms with van der Waals surface area (Å²) >= 11 is 0. The Morgan fingerprint density at radius 1 is 1.12 bits per heavy atom. The number of H-pyrrole nitrogens is 1. The Bertz CT molecular complexity index is 625. The van der Waals surface area contributed by atoms with Crippen molar-refractivity contribution in [2.24, 2.45) is 0 Å². The van der Waals surface area contributed by atoms with Crippen LogP contribution in [0.15, 0.2) is 36.7 Å². The van der Waals surface area contributed by atoms with Crippen LogP contribution in [0.25, 0.3) is 22.3 Å². The lowest BCUT2D eigenvalue weighted by atomic mass is 10.1. The second-order valence-electron chi connectivity index (χ2n) is 3.66. The summed E-state index contributed by atoms with van der Waals surface area (Å²) in [6, 6.07) is 7.87. The molecule has 0 spiro atoms. The van der Waals surface area contributed by atoms with E-state index in [2.05, 4.69) is 20.2 Å². The second kappa shape index (κ2) is 3.41. The third-order valence-corrected chi connectivity index (χ3v) is 2.52. The number of nitrogens with one attached hydrogen (secondary N) is 1. The maximum Gasteiger partial charge on any atom is 0.137 e. The first kappa shape index (κ1) is 9.03. The largest absolute Gasteiger partial charge is 0.345 e. The average Bonchev–Trinajstić information content (AvgIpc) is 2.74. The Labute approximate surface area is 92.4 Å². The van der Waals surface area contributed by atoms with Gasteiger partial charge in [-0.25, -0.2) is 4.98 Å². The highest BCUT2D eigenvalue weighted by Gasteiger charge is 2.07. The fraction of sp³-hybridized carbons (Fsp3) is 0.0833. The minimum Gasteiger partial charge on any atom is -0.345 e. The molecule has 0 aliphatic carbocycles. The zero-order chi connectivity index (χ0) is 11.0. The van der Waals surface area contributed by atoms with Crippen LogP contribution in [0.2, 0.25) is 0 Å². The van der Waals surface area contributed by atoms with Gasteiger partial charge in [-0.05, 0) is 31.2 Å². The van der Waals surface area contributed by atoms with Crippen molar-refractivity contribution in [1.82, 2.24) is 20.2 Å². The molecule has 0 atom stereocenters. The van der Waals surface area contributed by atoms with Crippen LogP contribution in [0.3, 0.4) is 0 Å². The normalized spacial score (nSPS) is 10.8. The SMILES string of the molecule is Cc1ccc(-c2c[nH]c3ncccc23)nn1. The molecule has 0 saturated carbocycles. The van der Waals surface area contributed by atoms with E-state index in [4.69, 9.17) is 0 Å². The van der Waals surface area contributed by atoms with Crippen molar-refractivity contribution in [3.63, 3.8) is 0 Å². The molecular weight excluding hydrogens is 200 g/mol. The van der Waals surface area contributed by atoms with Crippen molar-refractivity contribution >= 4 is 11.0 Å². The minimum atomic E-state index is 0.866. The van der Waals surface area contributed by atoms with Crippen molar-refractivity contribution < 1.29 is 0 Å². The summed E-state index contributed by atoms with van der Waals surface area (Å²) in [4.78, 5) is 7.36. The van der Waals surface area contributed by atoms with Crippen LogP contribution >= 0.6 is 0 Å². The maximum absolute atomic E-state index is 4.24. The van der Waals surface area contributed by atoms with Gasteiger partial charge in [-0.2, -0.15) is 10.2 Å². The first-order chi connectivity index (χ1) is 7.84. The van der Waals surface area contributed by atoms with Gasteiger partial charge in [0.25, 0.3) is 0 Å². The number of hydrogen-bond donors (Lipinski definition) is 1. The highest BCUT2D eigenvalue weighted by Crippen LogP contribution is 2.25. The van der Waals surface area contributed by atoms with Gasteiger partial charge in [-0.3, -0.25) is 0 Å². The van der Waals surface area contributed by atoms with Crippen molar-refractivity contribution in [3.05, 3.63) is 42.4 Å². The fourth-order valence-corrected chi connectivity index (χ4v) is 1.71. The molecule has 0 fully saturated rings. The molecule has 3 aromatic rings. The van der Waals surface area contributed by atoms with E-state index in [0.29, 0.717) is 0 Å². The molecule has 1 N–H and O–H groups in total. The number of aryl methyl sites for hydroxylation is 1. The molecule has 0 aliphatic heterocycles. The van der Waals surface area contributed by atoms with Crippen LogP contribution in [-0.4, -0.2) is 20.2 Å². The molecule has 78 valence electrons. The lowest BCUT2D eigenvalue weighted by Gasteiger charge is -1.97. The summed E-state index contributed by atoms with van der Waals surface area (Å²) in [5.41, 5.74) is 3.70. The van der Waals surface area contributed by atoms with E-state index in [9.17, 15) is 0 Å². The van der Waals surface area contributed by atoms with Gasteiger partial charge in [0.1, 0.15) is 5.65 Å². The van der Waals surface area contributed by atoms with E-state index in [-0.39, 0.29) is 0 Å². The van der Waals surface area contributed by atoms with Gasteiger partial charge in [-0.1, -0.05) is 0 Å². The molecular formula is C12H10N4. The van der Waals surface area contributed by atoms with Gasteiger partial charge in [0, 0.05) is 23.3 Å². The molecule has 16 heavy (non-hydrogen) atoms. The standard InChI is InChI=1S/C12H10N4/c1-8-4-5-11(16-15-8)10-7-14-12-9(10)3-2-6-13-12/h2-7H,1H3,(H,13,14). The molecule has 0 amide bonds. The van der Waals surface area contributed by atoms with Gasteiger partial charge < -0.3 is 4.98 Å². The number of aromatic nitrogens is 4. The van der Waals surface area contributed by atoms with Crippen LogP contribution < -0.4 is 0 Å². The summed E-state index contributed by atoms with van der Waals surface area (Å²) in [5.74, 6) is 0. The van der Waals surface area contributed by atoms with E-state index in [0.717, 1.165) is 28.0 Å². The molecule has 3 aromatic heterocycles. The first-order valence-electron chi connectivity index (χ1n) is 5.07. The quantitative estimate of drug-likeness (QED) is 0.670. The minimum absolute atomic E-state index is 0.866. The highest BCUT2D eigenvalue weighted by molar-refractivity contribution is 5.92. The van der Waals surface area contributed by atoms with Crippen LogP contribution in [-0.2, 0) is 0 Å². The highest BCUT2D eigenvalue weighted by atomic mass is 15.1. The predicted molar refractivity (Wildman–Crippen MR) is 61.9 cm³/mol. The molecule has 0 aromatic carbocycles. The maximum atomic E-state index is 4.24. The van der Waals surface area contributed by atoms with Gasteiger partial charge in [0.2, 0.25) is 0 Å². The van der Waals surface area contributed by atoms with Gasteiger partial charge >= 0.3 is 0 Å². The molecule has 4 nitrogen and oxygen atoms in total. The first-order valence-corrected chi connectivity index (χ1v) is 5.07. The van der Waals surface area contributed by atoms with E-state index in [1.54, 1.807) is 6.20 Å². The number of fused-ring (bicyclic) bond motifs is 1. The lowest BCUT2D eigenvalue weighted by molar-refractivity contribution is 0.988. The fourth-order valence-electron chi connectivity index (χ4n) is 1.71. The van der Waals surface area contributed by atoms with E-state index >= 15 is 0 Å². The molecule has 0 radical (unpaired) electrons. The predicted octanol–water partition coefficient (Wildman–Crippen LogP) is 2.33. The van der Waals surface area contributed by atoms with Crippen LogP contribution in [0.5, 0.6) is 0 Å². The van der Waals surface area contributed by atoms with Gasteiger partial charge in [-0.15, -0.1) is 0 Å². The second-order valence-corrected chi connectivity index (χ2v) is 3.66. The van der Waals surface area contributed by atoms with Crippen molar-refractivity contribution in [3.8, 4) is 11.3 Å². The van der Waals surface area contributed by atoms with Crippen molar-refractivity contribution in [2.45, 2.75) is 6.92 Å². The summed E-state index contributed by atoms with van der Waals surface area (Å²) < 4.78 is 0. The van der Waals surface area contributed by atoms with Crippen LogP contribution in [0.1, 0.15) is 5.69 Å². The smallest absolute Gasteiger partial charge is 0.137 e. The Hall–Kier alpha value is -2.23. The number of aromatic amines is 1. The zero-order valence-electron chi connectivity index (χ0n) is 8.81. The Balaban J connectivity index is 2.22. The van der Waals surface area contributed by atoms with Crippen LogP contribution in [0, 0.1) is 6.92 Å². The lowest BCUT2D eigenvalue weighted by Crippen LogP contribution is -1.88. The molecule has 0 unspecified atom stereocenters. The van der Waals surface area contributed by atoms with Crippen molar-refractivity contribution in [1.29, 1.82) is 0 Å². The number of nitrogens with zero attached hydrogens (tertiary/aromatic N) is 3. The molecule has 3 rings (SSSR count). The third-order valence-electron chi connectivity index (χ3n) is 2.52. The van der Waals surface area contributed by atoms with Gasteiger partial charge in [0.15, 0.2) is 0 Å². The van der Waals surface area contributed by atoms with Gasteiger partial charge in [0.05, 0.1) is 11.4 Å². The summed E-state index contributed by atoms with van der Waals surface area (Å²) in [6.07, 6.45) is 3.68. The number of rotatable bonds is 1.